The Balaban J connectivity index is 1.99. The van der Waals surface area contributed by atoms with E-state index in [1.807, 2.05) is 23.9 Å². The minimum absolute atomic E-state index is 0.0569. The summed E-state index contributed by atoms with van der Waals surface area (Å²) in [5.41, 5.74) is 1.48. The summed E-state index contributed by atoms with van der Waals surface area (Å²) in [6.07, 6.45) is 1.88. The topological polar surface area (TPSA) is 99.1 Å². The molecule has 9 nitrogen and oxygen atoms in total. The van der Waals surface area contributed by atoms with Crippen LogP contribution in [-0.4, -0.2) is 42.3 Å². The SMILES string of the molecule is CCn1ccc(CN(C)C(=O)C(C)Cn2nc([N+](=O)[O-])cc2C)n1. The summed E-state index contributed by atoms with van der Waals surface area (Å²) in [4.78, 5) is 24.3. The Morgan fingerprint density at radius 1 is 1.46 bits per heavy atom. The normalized spacial score (nSPS) is 12.2. The fourth-order valence-electron chi connectivity index (χ4n) is 2.47. The van der Waals surface area contributed by atoms with Crippen molar-refractivity contribution in [2.24, 2.45) is 5.92 Å². The Hall–Kier alpha value is -2.71. The standard InChI is InChI=1S/C15H22N6O3/c1-5-19-7-6-13(16-19)10-18(4)15(22)11(2)9-20-12(3)8-14(17-20)21(23)24/h6-8,11H,5,9-10H2,1-4H3. The third kappa shape index (κ3) is 3.98. The Kier molecular flexibility index (Phi) is 5.32. The van der Waals surface area contributed by atoms with Crippen molar-refractivity contribution in [3.8, 4) is 0 Å². The average molecular weight is 334 g/mol. The third-order valence-electron chi connectivity index (χ3n) is 3.82. The lowest BCUT2D eigenvalue weighted by atomic mass is 10.1. The van der Waals surface area contributed by atoms with Gasteiger partial charge < -0.3 is 15.0 Å². The van der Waals surface area contributed by atoms with Crippen LogP contribution in [-0.2, 0) is 24.4 Å². The molecule has 1 amide bonds. The van der Waals surface area contributed by atoms with E-state index in [1.54, 1.807) is 25.8 Å². The molecule has 2 aromatic rings. The van der Waals surface area contributed by atoms with Gasteiger partial charge >= 0.3 is 5.82 Å². The molecule has 0 aliphatic rings. The van der Waals surface area contributed by atoms with E-state index in [-0.39, 0.29) is 17.6 Å². The van der Waals surface area contributed by atoms with Crippen LogP contribution < -0.4 is 0 Å². The lowest BCUT2D eigenvalue weighted by Crippen LogP contribution is -2.33. The van der Waals surface area contributed by atoms with Gasteiger partial charge in [0, 0.05) is 19.8 Å². The van der Waals surface area contributed by atoms with Crippen LogP contribution in [0.1, 0.15) is 25.2 Å². The number of hydrogen-bond donors (Lipinski definition) is 0. The second-order valence-corrected chi connectivity index (χ2v) is 5.84. The number of rotatable bonds is 7. The molecule has 0 saturated carbocycles. The summed E-state index contributed by atoms with van der Waals surface area (Å²) in [6.45, 7) is 7.03. The molecule has 24 heavy (non-hydrogen) atoms. The summed E-state index contributed by atoms with van der Waals surface area (Å²) in [5.74, 6) is -0.606. The van der Waals surface area contributed by atoms with Crippen molar-refractivity contribution in [2.45, 2.75) is 40.4 Å². The molecule has 0 radical (unpaired) electrons. The smallest absolute Gasteiger partial charge is 0.358 e. The molecule has 1 atom stereocenters. The van der Waals surface area contributed by atoms with Gasteiger partial charge in [0.05, 0.1) is 41.6 Å². The summed E-state index contributed by atoms with van der Waals surface area (Å²) >= 11 is 0. The lowest BCUT2D eigenvalue weighted by Gasteiger charge is -2.20. The maximum Gasteiger partial charge on any atom is 0.390 e. The van der Waals surface area contributed by atoms with Gasteiger partial charge in [-0.05, 0) is 24.8 Å². The van der Waals surface area contributed by atoms with Crippen LogP contribution in [0, 0.1) is 23.0 Å². The number of nitrogens with zero attached hydrogens (tertiary/aromatic N) is 6. The first kappa shape index (κ1) is 17.6. The molecule has 2 rings (SSSR count). The number of aryl methyl sites for hydroxylation is 2. The molecule has 0 saturated heterocycles. The predicted octanol–water partition coefficient (Wildman–Crippen LogP) is 1.61. The highest BCUT2D eigenvalue weighted by Gasteiger charge is 2.23. The molecule has 0 fully saturated rings. The van der Waals surface area contributed by atoms with Gasteiger partial charge in [0.1, 0.15) is 0 Å². The van der Waals surface area contributed by atoms with Gasteiger partial charge in [-0.15, -0.1) is 0 Å². The number of carbonyl (C=O) groups excluding carboxylic acids is 1. The first-order valence-electron chi connectivity index (χ1n) is 7.78. The molecule has 0 N–H and O–H groups in total. The highest BCUT2D eigenvalue weighted by Crippen LogP contribution is 2.14. The molecule has 1 unspecified atom stereocenters. The van der Waals surface area contributed by atoms with Crippen LogP contribution in [0.15, 0.2) is 18.3 Å². The monoisotopic (exact) mass is 334 g/mol. The van der Waals surface area contributed by atoms with Gasteiger partial charge in [0.15, 0.2) is 0 Å². The zero-order valence-electron chi connectivity index (χ0n) is 14.3. The van der Waals surface area contributed by atoms with Crippen LogP contribution in [0.3, 0.4) is 0 Å². The van der Waals surface area contributed by atoms with Gasteiger partial charge in [0.2, 0.25) is 5.91 Å². The fourth-order valence-corrected chi connectivity index (χ4v) is 2.47. The lowest BCUT2D eigenvalue weighted by molar-refractivity contribution is -0.389. The van der Waals surface area contributed by atoms with Crippen molar-refractivity contribution in [3.63, 3.8) is 0 Å². The van der Waals surface area contributed by atoms with Gasteiger partial charge in [-0.2, -0.15) is 9.78 Å². The molecule has 0 bridgehead atoms. The highest BCUT2D eigenvalue weighted by atomic mass is 16.6. The van der Waals surface area contributed by atoms with Crippen LogP contribution >= 0.6 is 0 Å². The predicted molar refractivity (Wildman–Crippen MR) is 87.2 cm³/mol. The largest absolute Gasteiger partial charge is 0.390 e. The van der Waals surface area contributed by atoms with Crippen LogP contribution in [0.5, 0.6) is 0 Å². The maximum atomic E-state index is 12.5. The van der Waals surface area contributed by atoms with E-state index in [2.05, 4.69) is 10.2 Å². The number of hydrogen-bond acceptors (Lipinski definition) is 5. The van der Waals surface area contributed by atoms with Crippen LogP contribution in [0.2, 0.25) is 0 Å². The second-order valence-electron chi connectivity index (χ2n) is 5.84. The molecule has 0 spiro atoms. The molecule has 0 aliphatic heterocycles. The molecular weight excluding hydrogens is 312 g/mol. The third-order valence-corrected chi connectivity index (χ3v) is 3.82. The summed E-state index contributed by atoms with van der Waals surface area (Å²) < 4.78 is 3.31. The quantitative estimate of drug-likeness (QED) is 0.566. The number of amides is 1. The summed E-state index contributed by atoms with van der Waals surface area (Å²) in [6, 6.07) is 3.29. The van der Waals surface area contributed by atoms with Crippen molar-refractivity contribution in [3.05, 3.63) is 39.8 Å². The Morgan fingerprint density at radius 2 is 2.17 bits per heavy atom. The summed E-state index contributed by atoms with van der Waals surface area (Å²) in [5, 5.41) is 19.1. The number of carbonyl (C=O) groups is 1. The highest BCUT2D eigenvalue weighted by molar-refractivity contribution is 5.78. The Bertz CT molecular complexity index is 735. The van der Waals surface area contributed by atoms with Crippen molar-refractivity contribution >= 4 is 11.7 Å². The fraction of sp³-hybridized carbons (Fsp3) is 0.533. The minimum Gasteiger partial charge on any atom is -0.358 e. The molecule has 9 heteroatoms. The van der Waals surface area contributed by atoms with Crippen molar-refractivity contribution < 1.29 is 9.72 Å². The second kappa shape index (κ2) is 7.24. The molecule has 0 aliphatic carbocycles. The first-order valence-corrected chi connectivity index (χ1v) is 7.78. The molecule has 0 aromatic carbocycles. The van der Waals surface area contributed by atoms with E-state index < -0.39 is 4.92 Å². The zero-order valence-corrected chi connectivity index (χ0v) is 14.3. The Morgan fingerprint density at radius 3 is 2.71 bits per heavy atom. The number of nitro groups is 1. The van der Waals surface area contributed by atoms with E-state index in [0.717, 1.165) is 12.2 Å². The average Bonchev–Trinajstić information content (AvgIpc) is 3.13. The van der Waals surface area contributed by atoms with Crippen LogP contribution in [0.25, 0.3) is 0 Å². The molecule has 130 valence electrons. The zero-order chi connectivity index (χ0) is 17.9. The van der Waals surface area contributed by atoms with Crippen molar-refractivity contribution in [2.75, 3.05) is 7.05 Å². The van der Waals surface area contributed by atoms with Crippen molar-refractivity contribution in [1.29, 1.82) is 0 Å². The van der Waals surface area contributed by atoms with Gasteiger partial charge in [0.25, 0.3) is 0 Å². The van der Waals surface area contributed by atoms with Gasteiger partial charge in [-0.1, -0.05) is 6.92 Å². The molecule has 2 heterocycles. The minimum atomic E-state index is -0.536. The van der Waals surface area contributed by atoms with E-state index in [1.165, 1.54) is 10.7 Å². The van der Waals surface area contributed by atoms with Gasteiger partial charge in [-0.25, -0.2) is 0 Å². The van der Waals surface area contributed by atoms with E-state index >= 15 is 0 Å². The van der Waals surface area contributed by atoms with Gasteiger partial charge in [-0.3, -0.25) is 9.48 Å². The first-order chi connectivity index (χ1) is 11.3. The molecular formula is C15H22N6O3. The van der Waals surface area contributed by atoms with Crippen molar-refractivity contribution in [1.82, 2.24) is 24.5 Å². The van der Waals surface area contributed by atoms with E-state index in [0.29, 0.717) is 18.8 Å². The Labute approximate surface area is 140 Å². The van der Waals surface area contributed by atoms with Crippen LogP contribution in [0.4, 0.5) is 5.82 Å². The summed E-state index contributed by atoms with van der Waals surface area (Å²) in [7, 11) is 1.72. The maximum absolute atomic E-state index is 12.5. The van der Waals surface area contributed by atoms with E-state index in [9.17, 15) is 14.9 Å². The number of aromatic nitrogens is 4. The molecule has 2 aromatic heterocycles. The van der Waals surface area contributed by atoms with E-state index in [4.69, 9.17) is 0 Å².